The first-order valence-corrected chi connectivity index (χ1v) is 11.7. The number of fused-ring (bicyclic) bond motifs is 1. The van der Waals surface area contributed by atoms with Crippen LogP contribution in [0.15, 0.2) is 89.3 Å². The highest BCUT2D eigenvalue weighted by molar-refractivity contribution is 6.02. The summed E-state index contributed by atoms with van der Waals surface area (Å²) in [6, 6.07) is 24.5. The quantitative estimate of drug-likeness (QED) is 0.379. The second-order valence-electron chi connectivity index (χ2n) is 8.65. The summed E-state index contributed by atoms with van der Waals surface area (Å²) in [5, 5.41) is 2.67. The van der Waals surface area contributed by atoms with Gasteiger partial charge in [-0.3, -0.25) is 9.59 Å². The van der Waals surface area contributed by atoms with Gasteiger partial charge in [0.05, 0.1) is 6.04 Å². The van der Waals surface area contributed by atoms with Gasteiger partial charge in [0.1, 0.15) is 23.9 Å². The summed E-state index contributed by atoms with van der Waals surface area (Å²) in [7, 11) is 0. The van der Waals surface area contributed by atoms with E-state index in [1.807, 2.05) is 53.4 Å². The van der Waals surface area contributed by atoms with Crippen LogP contribution in [0.2, 0.25) is 0 Å². The van der Waals surface area contributed by atoms with Crippen molar-refractivity contribution in [2.45, 2.75) is 26.0 Å². The molecular weight excluding hydrogens is 459 g/mol. The van der Waals surface area contributed by atoms with E-state index in [0.717, 1.165) is 17.5 Å². The van der Waals surface area contributed by atoms with Gasteiger partial charge in [0.25, 0.3) is 5.91 Å². The Balaban J connectivity index is 1.30. The molecule has 1 atom stereocenters. The van der Waals surface area contributed by atoms with Crippen molar-refractivity contribution in [3.63, 3.8) is 0 Å². The molecule has 182 valence electrons. The third kappa shape index (κ3) is 5.00. The molecule has 2 heterocycles. The number of ether oxygens (including phenoxy) is 1. The molecule has 1 aromatic heterocycles. The van der Waals surface area contributed by atoms with Crippen molar-refractivity contribution in [2.24, 2.45) is 0 Å². The maximum Gasteiger partial charge on any atom is 0.291 e. The van der Waals surface area contributed by atoms with Crippen molar-refractivity contribution in [1.82, 2.24) is 4.90 Å². The number of benzene rings is 3. The minimum Gasteiger partial charge on any atom is -0.486 e. The lowest BCUT2D eigenvalue weighted by Gasteiger charge is -2.37. The van der Waals surface area contributed by atoms with Gasteiger partial charge in [-0.25, -0.2) is 4.39 Å². The van der Waals surface area contributed by atoms with Crippen LogP contribution in [0.25, 0.3) is 0 Å². The van der Waals surface area contributed by atoms with Crippen molar-refractivity contribution in [1.29, 1.82) is 0 Å². The average molecular weight is 485 g/mol. The predicted molar refractivity (Wildman–Crippen MR) is 133 cm³/mol. The van der Waals surface area contributed by atoms with Crippen LogP contribution in [0, 0.1) is 5.82 Å². The Hall–Kier alpha value is -4.39. The van der Waals surface area contributed by atoms with Crippen molar-refractivity contribution in [3.05, 3.63) is 119 Å². The van der Waals surface area contributed by atoms with Crippen LogP contribution < -0.4 is 10.1 Å². The van der Waals surface area contributed by atoms with E-state index in [1.165, 1.54) is 29.8 Å². The molecule has 0 fully saturated rings. The molecular formula is C29H25FN2O4. The van der Waals surface area contributed by atoms with E-state index in [2.05, 4.69) is 5.32 Å². The van der Waals surface area contributed by atoms with E-state index in [1.54, 1.807) is 19.1 Å². The highest BCUT2D eigenvalue weighted by Gasteiger charge is 2.30. The van der Waals surface area contributed by atoms with Crippen LogP contribution in [0.3, 0.4) is 0 Å². The summed E-state index contributed by atoms with van der Waals surface area (Å²) < 4.78 is 24.7. The van der Waals surface area contributed by atoms with Gasteiger partial charge in [-0.2, -0.15) is 0 Å². The van der Waals surface area contributed by atoms with E-state index < -0.39 is 5.91 Å². The Bertz CT molecular complexity index is 1380. The van der Waals surface area contributed by atoms with Crippen LogP contribution in [-0.2, 0) is 17.8 Å². The monoisotopic (exact) mass is 484 g/mol. The van der Waals surface area contributed by atoms with Gasteiger partial charge in [-0.1, -0.05) is 36.4 Å². The summed E-state index contributed by atoms with van der Waals surface area (Å²) in [6.07, 6.45) is 0.781. The number of nitrogens with one attached hydrogen (secondary N) is 1. The maximum atomic E-state index is 13.1. The van der Waals surface area contributed by atoms with E-state index in [4.69, 9.17) is 9.15 Å². The molecule has 1 aliphatic rings. The van der Waals surface area contributed by atoms with Gasteiger partial charge < -0.3 is 19.4 Å². The molecule has 4 aromatic rings. The zero-order valence-corrected chi connectivity index (χ0v) is 19.7. The highest BCUT2D eigenvalue weighted by atomic mass is 19.1. The minimum atomic E-state index is -0.434. The molecule has 3 aromatic carbocycles. The van der Waals surface area contributed by atoms with Gasteiger partial charge >= 0.3 is 0 Å². The van der Waals surface area contributed by atoms with Crippen molar-refractivity contribution in [3.8, 4) is 5.75 Å². The number of carbonyl (C=O) groups excluding carboxylic acids is 2. The second-order valence-corrected chi connectivity index (χ2v) is 8.65. The normalized spacial score (nSPS) is 14.7. The van der Waals surface area contributed by atoms with Gasteiger partial charge in [-0.15, -0.1) is 0 Å². The fourth-order valence-electron chi connectivity index (χ4n) is 4.47. The zero-order valence-electron chi connectivity index (χ0n) is 19.7. The molecule has 7 heteroatoms. The minimum absolute atomic E-state index is 0.0304. The summed E-state index contributed by atoms with van der Waals surface area (Å²) in [6.45, 7) is 2.40. The molecule has 1 unspecified atom stereocenters. The molecule has 0 aliphatic carbocycles. The van der Waals surface area contributed by atoms with Gasteiger partial charge in [0.2, 0.25) is 5.91 Å². The molecule has 0 saturated carbocycles. The van der Waals surface area contributed by atoms with Crippen molar-refractivity contribution in [2.75, 3.05) is 11.9 Å². The summed E-state index contributed by atoms with van der Waals surface area (Å²) in [5.74, 6) is 0.483. The fourth-order valence-corrected chi connectivity index (χ4v) is 4.47. The van der Waals surface area contributed by atoms with Crippen molar-refractivity contribution < 1.29 is 23.1 Å². The fraction of sp³-hybridized carbons (Fsp3) is 0.172. The lowest BCUT2D eigenvalue weighted by atomic mass is 9.88. The molecule has 5 rings (SSSR count). The number of halogens is 1. The number of amides is 2. The number of carbonyl (C=O) groups is 2. The number of nitrogens with zero attached hydrogens (tertiary/aromatic N) is 1. The number of furan rings is 1. The molecule has 1 N–H and O–H groups in total. The lowest BCUT2D eigenvalue weighted by Crippen LogP contribution is -2.39. The second kappa shape index (κ2) is 10.1. The van der Waals surface area contributed by atoms with Crippen molar-refractivity contribution >= 4 is 17.5 Å². The van der Waals surface area contributed by atoms with Gasteiger partial charge in [0.15, 0.2) is 5.76 Å². The first kappa shape index (κ1) is 23.4. The number of rotatable bonds is 6. The van der Waals surface area contributed by atoms with E-state index >= 15 is 0 Å². The molecule has 6 nitrogen and oxygen atoms in total. The van der Waals surface area contributed by atoms with Crippen LogP contribution >= 0.6 is 0 Å². The molecule has 0 saturated heterocycles. The van der Waals surface area contributed by atoms with Crippen LogP contribution in [0.1, 0.15) is 46.0 Å². The Morgan fingerprint density at radius 1 is 1.03 bits per heavy atom. The van der Waals surface area contributed by atoms with Crippen LogP contribution in [0.4, 0.5) is 10.1 Å². The molecule has 0 bridgehead atoms. The number of hydrogen-bond donors (Lipinski definition) is 1. The van der Waals surface area contributed by atoms with E-state index in [-0.39, 0.29) is 30.1 Å². The Labute approximate surface area is 208 Å². The standard InChI is InChI=1S/C29H25FN2O4/c1-19(33)32-16-15-20-7-12-24(17-26(20)28(32)21-5-3-2-4-6-21)35-18-25-13-14-27(36-25)29(34)31-23-10-8-22(30)9-11-23/h2-14,17,28H,15-16,18H2,1H3,(H,31,34). The largest absolute Gasteiger partial charge is 0.486 e. The molecule has 0 spiro atoms. The lowest BCUT2D eigenvalue weighted by molar-refractivity contribution is -0.130. The predicted octanol–water partition coefficient (Wildman–Crippen LogP) is 5.74. The van der Waals surface area contributed by atoms with E-state index in [0.29, 0.717) is 23.7 Å². The molecule has 36 heavy (non-hydrogen) atoms. The zero-order chi connectivity index (χ0) is 25.1. The molecule has 1 aliphatic heterocycles. The van der Waals surface area contributed by atoms with Crippen LogP contribution in [-0.4, -0.2) is 23.3 Å². The summed E-state index contributed by atoms with van der Waals surface area (Å²) in [4.78, 5) is 26.7. The third-order valence-corrected chi connectivity index (χ3v) is 6.23. The number of anilines is 1. The smallest absolute Gasteiger partial charge is 0.291 e. The average Bonchev–Trinajstić information content (AvgIpc) is 3.38. The highest BCUT2D eigenvalue weighted by Crippen LogP contribution is 2.37. The maximum absolute atomic E-state index is 13.1. The molecule has 0 radical (unpaired) electrons. The SMILES string of the molecule is CC(=O)N1CCc2ccc(OCc3ccc(C(=O)Nc4ccc(F)cc4)o3)cc2C1c1ccccc1. The van der Waals surface area contributed by atoms with E-state index in [9.17, 15) is 14.0 Å². The number of hydrogen-bond acceptors (Lipinski definition) is 4. The Morgan fingerprint density at radius 3 is 2.56 bits per heavy atom. The summed E-state index contributed by atoms with van der Waals surface area (Å²) in [5.41, 5.74) is 3.75. The van der Waals surface area contributed by atoms with Gasteiger partial charge in [-0.05, 0) is 71.6 Å². The topological polar surface area (TPSA) is 71.8 Å². The van der Waals surface area contributed by atoms with Gasteiger partial charge in [0, 0.05) is 19.2 Å². The Morgan fingerprint density at radius 2 is 1.81 bits per heavy atom. The summed E-state index contributed by atoms with van der Waals surface area (Å²) >= 11 is 0. The Kier molecular flexibility index (Phi) is 6.54. The third-order valence-electron chi connectivity index (χ3n) is 6.23. The first-order valence-electron chi connectivity index (χ1n) is 11.7. The van der Waals surface area contributed by atoms with Crippen LogP contribution in [0.5, 0.6) is 5.75 Å². The first-order chi connectivity index (χ1) is 17.5. The molecule has 2 amide bonds.